The second-order valence-electron chi connectivity index (χ2n) is 5.75. The molecule has 2 aromatic carbocycles. The second kappa shape index (κ2) is 6.62. The number of fused-ring (bicyclic) bond motifs is 1. The van der Waals surface area contributed by atoms with Crippen molar-refractivity contribution < 1.29 is 14.2 Å². The molecule has 0 saturated heterocycles. The van der Waals surface area contributed by atoms with Gasteiger partial charge in [0.25, 0.3) is 0 Å². The van der Waals surface area contributed by atoms with Crippen molar-refractivity contribution in [1.29, 1.82) is 5.26 Å². The quantitative estimate of drug-likeness (QED) is 0.834. The van der Waals surface area contributed by atoms with E-state index in [1.165, 1.54) is 11.1 Å². The molecule has 23 heavy (non-hydrogen) atoms. The minimum Gasteiger partial charge on any atom is -0.494 e. The van der Waals surface area contributed by atoms with Gasteiger partial charge in [0.1, 0.15) is 5.75 Å². The van der Waals surface area contributed by atoms with Crippen LogP contribution in [0.4, 0.5) is 0 Å². The summed E-state index contributed by atoms with van der Waals surface area (Å²) in [5, 5.41) is 9.44. The van der Waals surface area contributed by atoms with E-state index in [9.17, 15) is 5.26 Å². The molecule has 0 N–H and O–H groups in total. The van der Waals surface area contributed by atoms with Crippen molar-refractivity contribution in [2.45, 2.75) is 26.2 Å². The van der Waals surface area contributed by atoms with Crippen molar-refractivity contribution in [3.8, 4) is 23.3 Å². The number of benzene rings is 2. The molecule has 4 heteroatoms. The lowest BCUT2D eigenvalue weighted by Gasteiger charge is -2.12. The maximum Gasteiger partial charge on any atom is 0.231 e. The Balaban J connectivity index is 1.63. The molecule has 1 aliphatic heterocycles. The van der Waals surface area contributed by atoms with Crippen LogP contribution >= 0.6 is 0 Å². The van der Waals surface area contributed by atoms with E-state index < -0.39 is 0 Å². The predicted octanol–water partition coefficient (Wildman–Crippen LogP) is 4.11. The van der Waals surface area contributed by atoms with Crippen molar-refractivity contribution in [3.05, 3.63) is 53.1 Å². The Bertz CT molecular complexity index is 729. The molecule has 0 aromatic heterocycles. The first-order chi connectivity index (χ1) is 11.2. The maximum absolute atomic E-state index is 9.44. The van der Waals surface area contributed by atoms with E-state index in [1.807, 2.05) is 44.2 Å². The topological polar surface area (TPSA) is 51.5 Å². The highest BCUT2D eigenvalue weighted by molar-refractivity contribution is 5.46. The third-order valence-corrected chi connectivity index (χ3v) is 3.83. The first-order valence-electron chi connectivity index (χ1n) is 7.66. The summed E-state index contributed by atoms with van der Waals surface area (Å²) in [6.07, 6.45) is 0.628. The molecule has 0 fully saturated rings. The lowest BCUT2D eigenvalue weighted by Crippen LogP contribution is -2.05. The number of hydrogen-bond acceptors (Lipinski definition) is 4. The zero-order chi connectivity index (χ0) is 16.2. The van der Waals surface area contributed by atoms with Gasteiger partial charge >= 0.3 is 0 Å². The minimum atomic E-state index is -0.226. The molecule has 0 spiro atoms. The molecule has 0 radical (unpaired) electrons. The van der Waals surface area contributed by atoms with Crippen LogP contribution in [0.2, 0.25) is 0 Å². The Kier molecular flexibility index (Phi) is 4.38. The average Bonchev–Trinajstić information content (AvgIpc) is 2.98. The summed E-state index contributed by atoms with van der Waals surface area (Å²) in [6, 6.07) is 14.1. The standard InChI is InChI=1S/C19H19NO3/c1-13-7-14(2)9-17(8-13)21-6-5-16(11-20)15-3-4-18-19(10-15)23-12-22-18/h3-4,7-10,16H,5-6,12H2,1-2H3. The number of ether oxygens (including phenoxy) is 3. The second-order valence-corrected chi connectivity index (χ2v) is 5.75. The fraction of sp³-hybridized carbons (Fsp3) is 0.316. The van der Waals surface area contributed by atoms with Crippen LogP contribution in [0.1, 0.15) is 29.0 Å². The first kappa shape index (κ1) is 15.2. The molecule has 3 rings (SSSR count). The Morgan fingerprint density at radius 3 is 2.57 bits per heavy atom. The van der Waals surface area contributed by atoms with E-state index in [4.69, 9.17) is 14.2 Å². The molecular weight excluding hydrogens is 290 g/mol. The SMILES string of the molecule is Cc1cc(C)cc(OCCC(C#N)c2ccc3c(c2)OCO3)c1. The molecule has 1 aliphatic rings. The summed E-state index contributed by atoms with van der Waals surface area (Å²) in [5.74, 6) is 2.06. The van der Waals surface area contributed by atoms with Gasteiger partial charge in [0.15, 0.2) is 11.5 Å². The Morgan fingerprint density at radius 1 is 1.09 bits per heavy atom. The van der Waals surface area contributed by atoms with Gasteiger partial charge in [-0.15, -0.1) is 0 Å². The van der Waals surface area contributed by atoms with Crippen molar-refractivity contribution in [2.75, 3.05) is 13.4 Å². The summed E-state index contributed by atoms with van der Waals surface area (Å²) >= 11 is 0. The number of nitrogens with zero attached hydrogens (tertiary/aromatic N) is 1. The van der Waals surface area contributed by atoms with Gasteiger partial charge in [-0.25, -0.2) is 0 Å². The molecule has 0 amide bonds. The van der Waals surface area contributed by atoms with Crippen LogP contribution in [-0.2, 0) is 0 Å². The summed E-state index contributed by atoms with van der Waals surface area (Å²) < 4.78 is 16.5. The van der Waals surface area contributed by atoms with Gasteiger partial charge in [-0.1, -0.05) is 12.1 Å². The molecule has 1 atom stereocenters. The van der Waals surface area contributed by atoms with Crippen molar-refractivity contribution >= 4 is 0 Å². The molecule has 0 saturated carbocycles. The third-order valence-electron chi connectivity index (χ3n) is 3.83. The summed E-state index contributed by atoms with van der Waals surface area (Å²) in [7, 11) is 0. The maximum atomic E-state index is 9.44. The molecular formula is C19H19NO3. The number of aryl methyl sites for hydroxylation is 2. The van der Waals surface area contributed by atoms with Gasteiger partial charge in [-0.05, 0) is 54.8 Å². The minimum absolute atomic E-state index is 0.226. The molecule has 1 unspecified atom stereocenters. The van der Waals surface area contributed by atoms with Crippen LogP contribution in [-0.4, -0.2) is 13.4 Å². The van der Waals surface area contributed by atoms with E-state index in [0.29, 0.717) is 18.8 Å². The van der Waals surface area contributed by atoms with E-state index in [2.05, 4.69) is 12.1 Å². The largest absolute Gasteiger partial charge is 0.494 e. The Labute approximate surface area is 136 Å². The zero-order valence-corrected chi connectivity index (χ0v) is 13.3. The van der Waals surface area contributed by atoms with Crippen molar-refractivity contribution in [3.63, 3.8) is 0 Å². The number of nitriles is 1. The van der Waals surface area contributed by atoms with E-state index >= 15 is 0 Å². The van der Waals surface area contributed by atoms with Crippen LogP contribution in [0.25, 0.3) is 0 Å². The molecule has 1 heterocycles. The summed E-state index contributed by atoms with van der Waals surface area (Å²) in [5.41, 5.74) is 3.28. The first-order valence-corrected chi connectivity index (χ1v) is 7.66. The number of rotatable bonds is 5. The van der Waals surface area contributed by atoms with E-state index in [1.54, 1.807) is 0 Å². The van der Waals surface area contributed by atoms with E-state index in [0.717, 1.165) is 17.1 Å². The highest BCUT2D eigenvalue weighted by Crippen LogP contribution is 2.35. The van der Waals surface area contributed by atoms with Gasteiger partial charge in [-0.3, -0.25) is 0 Å². The molecule has 4 nitrogen and oxygen atoms in total. The monoisotopic (exact) mass is 309 g/mol. The third kappa shape index (κ3) is 3.57. The molecule has 0 bridgehead atoms. The van der Waals surface area contributed by atoms with Crippen LogP contribution in [0.3, 0.4) is 0 Å². The average molecular weight is 309 g/mol. The van der Waals surface area contributed by atoms with E-state index in [-0.39, 0.29) is 12.7 Å². The van der Waals surface area contributed by atoms with Crippen molar-refractivity contribution in [2.24, 2.45) is 0 Å². The molecule has 0 aliphatic carbocycles. The smallest absolute Gasteiger partial charge is 0.231 e. The fourth-order valence-corrected chi connectivity index (χ4v) is 2.75. The van der Waals surface area contributed by atoms with Crippen LogP contribution in [0.5, 0.6) is 17.2 Å². The highest BCUT2D eigenvalue weighted by atomic mass is 16.7. The lowest BCUT2D eigenvalue weighted by atomic mass is 9.97. The Hall–Kier alpha value is -2.67. The summed E-state index contributed by atoms with van der Waals surface area (Å²) in [6.45, 7) is 4.83. The summed E-state index contributed by atoms with van der Waals surface area (Å²) in [4.78, 5) is 0. The molecule has 2 aromatic rings. The molecule has 118 valence electrons. The van der Waals surface area contributed by atoms with Gasteiger partial charge in [0.05, 0.1) is 18.6 Å². The van der Waals surface area contributed by atoms with Gasteiger partial charge in [-0.2, -0.15) is 5.26 Å². The predicted molar refractivity (Wildman–Crippen MR) is 86.9 cm³/mol. The van der Waals surface area contributed by atoms with Crippen LogP contribution in [0.15, 0.2) is 36.4 Å². The zero-order valence-electron chi connectivity index (χ0n) is 13.3. The lowest BCUT2D eigenvalue weighted by molar-refractivity contribution is 0.174. The van der Waals surface area contributed by atoms with Gasteiger partial charge < -0.3 is 14.2 Å². The van der Waals surface area contributed by atoms with Crippen LogP contribution < -0.4 is 14.2 Å². The van der Waals surface area contributed by atoms with Crippen molar-refractivity contribution in [1.82, 2.24) is 0 Å². The Morgan fingerprint density at radius 2 is 1.83 bits per heavy atom. The normalized spacial score (nSPS) is 13.4. The number of hydrogen-bond donors (Lipinski definition) is 0. The van der Waals surface area contributed by atoms with Crippen LogP contribution in [0, 0.1) is 25.2 Å². The van der Waals surface area contributed by atoms with Gasteiger partial charge in [0, 0.05) is 6.42 Å². The highest BCUT2D eigenvalue weighted by Gasteiger charge is 2.18. The fourth-order valence-electron chi connectivity index (χ4n) is 2.75. The van der Waals surface area contributed by atoms with Gasteiger partial charge in [0.2, 0.25) is 6.79 Å².